The Labute approximate surface area is 337 Å². The number of unbranched alkanes of at least 4 members (excludes halogenated alkanes) is 7. The molecular formula is C45H71O10P. The molecule has 11 heteroatoms. The third kappa shape index (κ3) is 40.3. The van der Waals surface area contributed by atoms with Crippen LogP contribution >= 0.6 is 7.82 Å². The molecule has 0 spiro atoms. The zero-order chi connectivity index (χ0) is 41.4. The van der Waals surface area contributed by atoms with E-state index < -0.39 is 44.7 Å². The van der Waals surface area contributed by atoms with Gasteiger partial charge in [0, 0.05) is 12.8 Å². The van der Waals surface area contributed by atoms with Crippen molar-refractivity contribution < 1.29 is 48.2 Å². The fraction of sp³-hybridized carbons (Fsp3) is 0.556. The minimum Gasteiger partial charge on any atom is -0.462 e. The Bertz CT molecular complexity index is 1300. The van der Waals surface area contributed by atoms with Gasteiger partial charge in [-0.25, -0.2) is 4.57 Å². The van der Waals surface area contributed by atoms with Crippen molar-refractivity contribution in [2.75, 3.05) is 13.2 Å². The molecule has 0 amide bonds. The van der Waals surface area contributed by atoms with Gasteiger partial charge in [0.1, 0.15) is 6.61 Å². The molecule has 3 atom stereocenters. The molecule has 0 radical (unpaired) electrons. The van der Waals surface area contributed by atoms with Gasteiger partial charge in [0.05, 0.1) is 18.8 Å². The van der Waals surface area contributed by atoms with Crippen molar-refractivity contribution >= 4 is 19.8 Å². The Balaban J connectivity index is 4.30. The summed E-state index contributed by atoms with van der Waals surface area (Å²) in [6.45, 7) is 3.28. The standard InChI is InChI=1S/C45H71O10P/c1-3-5-7-8-9-10-11-12-13-14-15-16-17-18-19-23-31-37-44(48)53-39-43(40-54-56(50,51)52)55-45(49)38-32-24-21-20-22-28-34-42(47)36-30-26-25-29-35-41(46)33-27-6-4-2/h6,12-13,15-16,18-19,21-22,24-30,35-36,41-43,46-47H,3-5,7-11,14,17,20,23,31-34,37-40H2,1-2H3,(H2,50,51,52)/b13-12-,16-15-,19-18-,24-21-,26-25-,27-6-,28-22-,35-29+,36-30+/t41-,42+,43+/m0/s1. The van der Waals surface area contributed by atoms with Crippen molar-refractivity contribution in [2.24, 2.45) is 0 Å². The van der Waals surface area contributed by atoms with Gasteiger partial charge in [0.25, 0.3) is 0 Å². The predicted octanol–water partition coefficient (Wildman–Crippen LogP) is 10.3. The highest BCUT2D eigenvalue weighted by molar-refractivity contribution is 7.46. The molecule has 0 aliphatic carbocycles. The fourth-order valence-corrected chi connectivity index (χ4v) is 5.24. The summed E-state index contributed by atoms with van der Waals surface area (Å²) in [6, 6.07) is 0. The Hall–Kier alpha value is -3.37. The molecule has 0 aromatic heterocycles. The second-order valence-corrected chi connectivity index (χ2v) is 14.5. The number of hydrogen-bond acceptors (Lipinski definition) is 8. The molecule has 0 aliphatic heterocycles. The van der Waals surface area contributed by atoms with Crippen LogP contribution in [0.25, 0.3) is 0 Å². The van der Waals surface area contributed by atoms with E-state index in [1.54, 1.807) is 42.5 Å². The van der Waals surface area contributed by atoms with E-state index in [1.165, 1.54) is 38.5 Å². The summed E-state index contributed by atoms with van der Waals surface area (Å²) in [4.78, 5) is 42.8. The molecular weight excluding hydrogens is 731 g/mol. The van der Waals surface area contributed by atoms with E-state index in [2.05, 4.69) is 41.8 Å². The Morgan fingerprint density at radius 1 is 0.571 bits per heavy atom. The normalized spacial score (nSPS) is 14.8. The average Bonchev–Trinajstić information content (AvgIpc) is 3.16. The van der Waals surface area contributed by atoms with Crippen LogP contribution in [0.3, 0.4) is 0 Å². The summed E-state index contributed by atoms with van der Waals surface area (Å²) in [6.07, 6.45) is 47.5. The molecule has 0 aromatic rings. The van der Waals surface area contributed by atoms with Gasteiger partial charge in [-0.3, -0.25) is 14.1 Å². The van der Waals surface area contributed by atoms with Gasteiger partial charge >= 0.3 is 19.8 Å². The maximum absolute atomic E-state index is 12.4. The lowest BCUT2D eigenvalue weighted by Crippen LogP contribution is -2.29. The number of aliphatic hydroxyl groups excluding tert-OH is 2. The van der Waals surface area contributed by atoms with Crippen molar-refractivity contribution in [3.05, 3.63) is 109 Å². The SMILES string of the molecule is CC/C=C\C[C@H](O)/C=C/C=C\C=C\[C@H](O)C/C=C\C/C=C\CCC(=O)O[C@H](COC(=O)CCC/C=C\C/C=C\C/C=C\CCCCCCCC)COP(=O)(O)O. The summed E-state index contributed by atoms with van der Waals surface area (Å²) >= 11 is 0. The highest BCUT2D eigenvalue weighted by Gasteiger charge is 2.22. The first-order valence-electron chi connectivity index (χ1n) is 20.4. The lowest BCUT2D eigenvalue weighted by molar-refractivity contribution is -0.161. The van der Waals surface area contributed by atoms with Crippen LogP contribution in [-0.2, 0) is 28.2 Å². The Morgan fingerprint density at radius 2 is 1.09 bits per heavy atom. The number of aliphatic hydroxyl groups is 2. The van der Waals surface area contributed by atoms with E-state index in [0.717, 1.165) is 25.7 Å². The van der Waals surface area contributed by atoms with Crippen molar-refractivity contribution in [2.45, 2.75) is 148 Å². The smallest absolute Gasteiger partial charge is 0.462 e. The van der Waals surface area contributed by atoms with Crippen LogP contribution < -0.4 is 0 Å². The fourth-order valence-electron chi connectivity index (χ4n) is 4.88. The molecule has 0 heterocycles. The largest absolute Gasteiger partial charge is 0.469 e. The highest BCUT2D eigenvalue weighted by Crippen LogP contribution is 2.35. The number of esters is 2. The van der Waals surface area contributed by atoms with E-state index >= 15 is 0 Å². The number of carbonyl (C=O) groups excluding carboxylic acids is 2. The molecule has 0 aromatic carbocycles. The number of phosphoric ester groups is 1. The van der Waals surface area contributed by atoms with Crippen molar-refractivity contribution in [3.63, 3.8) is 0 Å². The van der Waals surface area contributed by atoms with Crippen molar-refractivity contribution in [3.8, 4) is 0 Å². The van der Waals surface area contributed by atoms with Gasteiger partial charge in [-0.1, -0.05) is 155 Å². The van der Waals surface area contributed by atoms with E-state index in [1.807, 2.05) is 43.4 Å². The molecule has 0 bridgehead atoms. The molecule has 0 aliphatic rings. The van der Waals surface area contributed by atoms with Gasteiger partial charge in [-0.15, -0.1) is 0 Å². The molecule has 0 saturated heterocycles. The first kappa shape index (κ1) is 52.6. The zero-order valence-corrected chi connectivity index (χ0v) is 34.8. The first-order valence-corrected chi connectivity index (χ1v) is 21.9. The predicted molar refractivity (Wildman–Crippen MR) is 228 cm³/mol. The third-order valence-electron chi connectivity index (χ3n) is 7.96. The van der Waals surface area contributed by atoms with E-state index in [-0.39, 0.29) is 19.4 Å². The second-order valence-electron chi connectivity index (χ2n) is 13.3. The Kier molecular flexibility index (Phi) is 36.2. The highest BCUT2D eigenvalue weighted by atomic mass is 31.2. The van der Waals surface area contributed by atoms with Gasteiger partial charge in [0.15, 0.2) is 6.10 Å². The number of ether oxygens (including phenoxy) is 2. The molecule has 56 heavy (non-hydrogen) atoms. The molecule has 0 saturated carbocycles. The summed E-state index contributed by atoms with van der Waals surface area (Å²) < 4.78 is 26.2. The number of carbonyl (C=O) groups is 2. The quantitative estimate of drug-likeness (QED) is 0.0160. The van der Waals surface area contributed by atoms with Crippen LogP contribution in [0, 0.1) is 0 Å². The minimum atomic E-state index is -4.82. The average molecular weight is 803 g/mol. The van der Waals surface area contributed by atoms with Crippen molar-refractivity contribution in [1.82, 2.24) is 0 Å². The molecule has 0 rings (SSSR count). The van der Waals surface area contributed by atoms with Crippen LogP contribution in [0.1, 0.15) is 129 Å². The van der Waals surface area contributed by atoms with Crippen LogP contribution in [-0.4, -0.2) is 63.5 Å². The monoisotopic (exact) mass is 802 g/mol. The first-order chi connectivity index (χ1) is 27.1. The number of phosphoric acid groups is 1. The van der Waals surface area contributed by atoms with Gasteiger partial charge in [-0.2, -0.15) is 0 Å². The van der Waals surface area contributed by atoms with Crippen LogP contribution in [0.2, 0.25) is 0 Å². The number of allylic oxidation sites excluding steroid dienone is 14. The van der Waals surface area contributed by atoms with E-state index in [9.17, 15) is 24.4 Å². The van der Waals surface area contributed by atoms with Gasteiger partial charge in [0.2, 0.25) is 0 Å². The van der Waals surface area contributed by atoms with Gasteiger partial charge in [-0.05, 0) is 70.6 Å². The molecule has 10 nitrogen and oxygen atoms in total. The second kappa shape index (κ2) is 38.5. The molecule has 4 N–H and O–H groups in total. The number of hydrogen-bond donors (Lipinski definition) is 4. The lowest BCUT2D eigenvalue weighted by Gasteiger charge is -2.18. The maximum atomic E-state index is 12.4. The summed E-state index contributed by atoms with van der Waals surface area (Å²) in [5.41, 5.74) is 0. The maximum Gasteiger partial charge on any atom is 0.469 e. The summed E-state index contributed by atoms with van der Waals surface area (Å²) in [7, 11) is -4.82. The molecule has 0 unspecified atom stereocenters. The van der Waals surface area contributed by atoms with Gasteiger partial charge < -0.3 is 29.5 Å². The lowest BCUT2D eigenvalue weighted by atomic mass is 10.1. The third-order valence-corrected chi connectivity index (χ3v) is 8.44. The topological polar surface area (TPSA) is 160 Å². The van der Waals surface area contributed by atoms with Crippen LogP contribution in [0.15, 0.2) is 109 Å². The van der Waals surface area contributed by atoms with E-state index in [0.29, 0.717) is 38.5 Å². The number of rotatable bonds is 35. The molecule has 0 fully saturated rings. The zero-order valence-electron chi connectivity index (χ0n) is 34.0. The van der Waals surface area contributed by atoms with Crippen LogP contribution in [0.5, 0.6) is 0 Å². The van der Waals surface area contributed by atoms with Crippen molar-refractivity contribution in [1.29, 1.82) is 0 Å². The Morgan fingerprint density at radius 3 is 1.68 bits per heavy atom. The molecule has 316 valence electrons. The summed E-state index contributed by atoms with van der Waals surface area (Å²) in [5, 5.41) is 19.9. The van der Waals surface area contributed by atoms with E-state index in [4.69, 9.17) is 19.3 Å². The van der Waals surface area contributed by atoms with Crippen LogP contribution in [0.4, 0.5) is 0 Å². The minimum absolute atomic E-state index is 0.0130. The summed E-state index contributed by atoms with van der Waals surface area (Å²) in [5.74, 6) is -1.13.